The highest BCUT2D eigenvalue weighted by Crippen LogP contribution is 2.25. The largest absolute Gasteiger partial charge is 0.478 e. The molecule has 2 aromatic heterocycles. The molecule has 0 atom stereocenters. The van der Waals surface area contributed by atoms with E-state index in [-0.39, 0.29) is 11.5 Å². The van der Waals surface area contributed by atoms with Gasteiger partial charge in [0.05, 0.1) is 10.9 Å². The van der Waals surface area contributed by atoms with E-state index >= 15 is 0 Å². The number of hydrogen-bond donors (Lipinski definition) is 3. The van der Waals surface area contributed by atoms with Gasteiger partial charge in [0.15, 0.2) is 0 Å². The fourth-order valence-electron chi connectivity index (χ4n) is 2.69. The van der Waals surface area contributed by atoms with Crippen LogP contribution in [0.2, 0.25) is 0 Å². The lowest BCUT2D eigenvalue weighted by Crippen LogP contribution is -2.02. The van der Waals surface area contributed by atoms with Gasteiger partial charge in [0, 0.05) is 13.2 Å². The van der Waals surface area contributed by atoms with Crippen LogP contribution in [-0.4, -0.2) is 25.6 Å². The lowest BCUT2D eigenvalue weighted by Gasteiger charge is -2.03. The van der Waals surface area contributed by atoms with E-state index in [1.54, 1.807) is 12.1 Å². The fourth-order valence-corrected chi connectivity index (χ4v) is 2.69. The van der Waals surface area contributed by atoms with Crippen molar-refractivity contribution in [2.75, 3.05) is 11.5 Å². The number of nitrogens with zero attached hydrogens (tertiary/aromatic N) is 3. The van der Waals surface area contributed by atoms with Crippen molar-refractivity contribution in [2.45, 2.75) is 12.8 Å². The maximum absolute atomic E-state index is 10.9. The van der Waals surface area contributed by atoms with Crippen molar-refractivity contribution in [2.24, 2.45) is 7.05 Å². The van der Waals surface area contributed by atoms with Crippen molar-refractivity contribution in [1.29, 1.82) is 0 Å². The number of benzene rings is 1. The number of rotatable bonds is 4. The molecule has 1 aromatic carbocycles. The van der Waals surface area contributed by atoms with Gasteiger partial charge in [0.1, 0.15) is 11.5 Å². The summed E-state index contributed by atoms with van der Waals surface area (Å²) >= 11 is 0. The molecule has 0 saturated carbocycles. The number of aromatic carboxylic acids is 1. The summed E-state index contributed by atoms with van der Waals surface area (Å²) in [4.78, 5) is 19.1. The van der Waals surface area contributed by atoms with Gasteiger partial charge < -0.3 is 21.1 Å². The van der Waals surface area contributed by atoms with Crippen molar-refractivity contribution < 1.29 is 9.90 Å². The number of anilines is 2. The summed E-state index contributed by atoms with van der Waals surface area (Å²) in [6, 6.07) is 6.87. The van der Waals surface area contributed by atoms with Crippen LogP contribution in [0, 0.1) is 0 Å². The zero-order chi connectivity index (χ0) is 16.6. The number of carboxylic acids is 1. The van der Waals surface area contributed by atoms with Crippen LogP contribution in [0.5, 0.6) is 0 Å². The van der Waals surface area contributed by atoms with Gasteiger partial charge in [-0.2, -0.15) is 9.97 Å². The van der Waals surface area contributed by atoms with Crippen molar-refractivity contribution in [3.05, 3.63) is 47.2 Å². The zero-order valence-corrected chi connectivity index (χ0v) is 12.7. The van der Waals surface area contributed by atoms with E-state index in [4.69, 9.17) is 16.6 Å². The van der Waals surface area contributed by atoms with E-state index in [0.717, 1.165) is 29.4 Å². The fraction of sp³-hybridized carbons (Fsp3) is 0.188. The number of carboxylic acid groups (broad SMARTS) is 1. The highest BCUT2D eigenvalue weighted by molar-refractivity contribution is 5.91. The molecule has 23 heavy (non-hydrogen) atoms. The van der Waals surface area contributed by atoms with E-state index in [9.17, 15) is 4.79 Å². The average molecular weight is 311 g/mol. The molecular formula is C16H17N5O2. The lowest BCUT2D eigenvalue weighted by molar-refractivity contribution is 0.0697. The molecule has 0 fully saturated rings. The van der Waals surface area contributed by atoms with Gasteiger partial charge in [-0.1, -0.05) is 12.1 Å². The van der Waals surface area contributed by atoms with Gasteiger partial charge in [-0.05, 0) is 36.1 Å². The Labute approximate surface area is 132 Å². The van der Waals surface area contributed by atoms with E-state index in [0.29, 0.717) is 11.5 Å². The number of nitrogens with two attached hydrogens (primary N) is 2. The number of aromatic nitrogens is 3. The molecule has 7 heteroatoms. The second-order valence-corrected chi connectivity index (χ2v) is 5.43. The zero-order valence-electron chi connectivity index (χ0n) is 12.7. The van der Waals surface area contributed by atoms with Crippen LogP contribution in [0.25, 0.3) is 11.0 Å². The van der Waals surface area contributed by atoms with Crippen LogP contribution >= 0.6 is 0 Å². The summed E-state index contributed by atoms with van der Waals surface area (Å²) in [6.07, 6.45) is 3.49. The first-order valence-corrected chi connectivity index (χ1v) is 7.15. The SMILES string of the molecule is Cn1cc(CCc2ccc(C(=O)O)cc2)c2c(N)nc(N)nc21. The van der Waals surface area contributed by atoms with E-state index in [1.165, 1.54) is 0 Å². The molecule has 0 spiro atoms. The Morgan fingerprint density at radius 2 is 1.87 bits per heavy atom. The molecule has 3 aromatic rings. The number of aryl methyl sites for hydroxylation is 3. The Bertz CT molecular complexity index is 884. The molecule has 7 nitrogen and oxygen atoms in total. The molecule has 0 amide bonds. The van der Waals surface area contributed by atoms with Gasteiger partial charge >= 0.3 is 5.97 Å². The molecular weight excluding hydrogens is 294 g/mol. The summed E-state index contributed by atoms with van der Waals surface area (Å²) in [5.74, 6) is -0.385. The van der Waals surface area contributed by atoms with Crippen molar-refractivity contribution in [3.63, 3.8) is 0 Å². The minimum Gasteiger partial charge on any atom is -0.478 e. The van der Waals surface area contributed by atoms with Gasteiger partial charge in [0.25, 0.3) is 0 Å². The second kappa shape index (κ2) is 5.60. The van der Waals surface area contributed by atoms with Crippen LogP contribution < -0.4 is 11.5 Å². The molecule has 0 saturated heterocycles. The van der Waals surface area contributed by atoms with Crippen LogP contribution in [0.15, 0.2) is 30.5 Å². The normalized spacial score (nSPS) is 11.0. The summed E-state index contributed by atoms with van der Waals surface area (Å²) in [5.41, 5.74) is 14.7. The third kappa shape index (κ3) is 2.80. The minimum atomic E-state index is -0.923. The second-order valence-electron chi connectivity index (χ2n) is 5.43. The van der Waals surface area contributed by atoms with Gasteiger partial charge in [-0.25, -0.2) is 4.79 Å². The summed E-state index contributed by atoms with van der Waals surface area (Å²) in [5, 5.41) is 9.74. The molecule has 5 N–H and O–H groups in total. The van der Waals surface area contributed by atoms with Crippen LogP contribution in [0.1, 0.15) is 21.5 Å². The Morgan fingerprint density at radius 1 is 1.17 bits per heavy atom. The van der Waals surface area contributed by atoms with Crippen molar-refractivity contribution in [1.82, 2.24) is 14.5 Å². The molecule has 0 aliphatic heterocycles. The number of carbonyl (C=O) groups is 1. The monoisotopic (exact) mass is 311 g/mol. The van der Waals surface area contributed by atoms with E-state index in [1.807, 2.05) is 29.9 Å². The van der Waals surface area contributed by atoms with Crippen LogP contribution in [0.3, 0.4) is 0 Å². The molecule has 0 aliphatic carbocycles. The van der Waals surface area contributed by atoms with Crippen LogP contribution in [0.4, 0.5) is 11.8 Å². The average Bonchev–Trinajstić information content (AvgIpc) is 2.82. The summed E-state index contributed by atoms with van der Waals surface area (Å²) in [7, 11) is 1.89. The predicted octanol–water partition coefficient (Wildman–Crippen LogP) is 1.62. The Hall–Kier alpha value is -3.09. The number of nitrogen functional groups attached to an aromatic ring is 2. The third-order valence-electron chi connectivity index (χ3n) is 3.82. The molecule has 0 bridgehead atoms. The first-order chi connectivity index (χ1) is 11.0. The molecule has 118 valence electrons. The maximum Gasteiger partial charge on any atom is 0.335 e. The number of fused-ring (bicyclic) bond motifs is 1. The smallest absolute Gasteiger partial charge is 0.335 e. The van der Waals surface area contributed by atoms with Gasteiger partial charge in [0.2, 0.25) is 5.95 Å². The summed E-state index contributed by atoms with van der Waals surface area (Å²) < 4.78 is 1.88. The van der Waals surface area contributed by atoms with Crippen molar-refractivity contribution >= 4 is 28.8 Å². The third-order valence-corrected chi connectivity index (χ3v) is 3.82. The van der Waals surface area contributed by atoms with Gasteiger partial charge in [-0.3, -0.25) is 0 Å². The minimum absolute atomic E-state index is 0.159. The van der Waals surface area contributed by atoms with E-state index < -0.39 is 5.97 Å². The highest BCUT2D eigenvalue weighted by atomic mass is 16.4. The standard InChI is InChI=1S/C16H17N5O2/c1-21-8-11(12-13(17)19-16(18)20-14(12)21)7-4-9-2-5-10(6-3-9)15(22)23/h2-3,5-6,8H,4,7H2,1H3,(H,22,23)(H4,17,18,19,20). The molecule has 3 rings (SSSR count). The van der Waals surface area contributed by atoms with Crippen LogP contribution in [-0.2, 0) is 19.9 Å². The quantitative estimate of drug-likeness (QED) is 0.673. The first-order valence-electron chi connectivity index (χ1n) is 7.15. The summed E-state index contributed by atoms with van der Waals surface area (Å²) in [6.45, 7) is 0. The lowest BCUT2D eigenvalue weighted by atomic mass is 10.0. The number of hydrogen-bond acceptors (Lipinski definition) is 5. The predicted molar refractivity (Wildman–Crippen MR) is 88.1 cm³/mol. The molecule has 0 aliphatic rings. The molecule has 0 radical (unpaired) electrons. The Morgan fingerprint density at radius 3 is 2.52 bits per heavy atom. The van der Waals surface area contributed by atoms with Gasteiger partial charge in [-0.15, -0.1) is 0 Å². The Kier molecular flexibility index (Phi) is 3.61. The first kappa shape index (κ1) is 14.8. The molecule has 2 heterocycles. The van der Waals surface area contributed by atoms with Crippen molar-refractivity contribution in [3.8, 4) is 0 Å². The van der Waals surface area contributed by atoms with E-state index in [2.05, 4.69) is 9.97 Å². The Balaban J connectivity index is 1.86. The maximum atomic E-state index is 10.9. The molecule has 0 unspecified atom stereocenters. The topological polar surface area (TPSA) is 120 Å². The highest BCUT2D eigenvalue weighted by Gasteiger charge is 2.13.